The maximum absolute atomic E-state index is 12.1. The molecule has 128 valence electrons. The normalized spacial score (nSPS) is 17.8. The minimum Gasteiger partial charge on any atom is -0.444 e. The SMILES string of the molecule is CC1(CNCc2ccncc2)CCN(C(=O)OC(C)(C)C)CC1. The van der Waals surface area contributed by atoms with E-state index in [-0.39, 0.29) is 11.5 Å². The van der Waals surface area contributed by atoms with E-state index in [9.17, 15) is 4.79 Å². The summed E-state index contributed by atoms with van der Waals surface area (Å²) in [5.74, 6) is 0. The first-order valence-corrected chi connectivity index (χ1v) is 8.35. The Morgan fingerprint density at radius 3 is 2.48 bits per heavy atom. The van der Waals surface area contributed by atoms with Crippen molar-refractivity contribution in [1.29, 1.82) is 0 Å². The van der Waals surface area contributed by atoms with E-state index in [1.54, 1.807) is 0 Å². The monoisotopic (exact) mass is 319 g/mol. The summed E-state index contributed by atoms with van der Waals surface area (Å²) < 4.78 is 5.45. The van der Waals surface area contributed by atoms with Gasteiger partial charge in [-0.15, -0.1) is 0 Å². The first kappa shape index (κ1) is 17.7. The van der Waals surface area contributed by atoms with Crippen molar-refractivity contribution in [1.82, 2.24) is 15.2 Å². The van der Waals surface area contributed by atoms with E-state index in [0.717, 1.165) is 39.0 Å². The third kappa shape index (κ3) is 5.82. The fourth-order valence-electron chi connectivity index (χ4n) is 2.74. The molecule has 1 aliphatic heterocycles. The van der Waals surface area contributed by atoms with Crippen molar-refractivity contribution >= 4 is 6.09 Å². The molecule has 1 N–H and O–H groups in total. The zero-order valence-corrected chi connectivity index (χ0v) is 14.8. The summed E-state index contributed by atoms with van der Waals surface area (Å²) in [6.45, 7) is 11.3. The van der Waals surface area contributed by atoms with Gasteiger partial charge in [-0.2, -0.15) is 0 Å². The molecule has 0 saturated carbocycles. The highest BCUT2D eigenvalue weighted by molar-refractivity contribution is 5.68. The lowest BCUT2D eigenvalue weighted by Gasteiger charge is -2.40. The fourth-order valence-corrected chi connectivity index (χ4v) is 2.74. The molecule has 2 heterocycles. The number of pyridine rings is 1. The Bertz CT molecular complexity index is 503. The Kier molecular flexibility index (Phi) is 5.63. The molecule has 1 amide bonds. The Morgan fingerprint density at radius 1 is 1.30 bits per heavy atom. The van der Waals surface area contributed by atoms with Crippen molar-refractivity contribution in [3.8, 4) is 0 Å². The van der Waals surface area contributed by atoms with Crippen LogP contribution < -0.4 is 5.32 Å². The van der Waals surface area contributed by atoms with Crippen LogP contribution in [-0.2, 0) is 11.3 Å². The maximum Gasteiger partial charge on any atom is 0.410 e. The second-order valence-corrected chi connectivity index (χ2v) is 7.74. The molecule has 0 atom stereocenters. The topological polar surface area (TPSA) is 54.5 Å². The zero-order chi connectivity index (χ0) is 16.9. The smallest absolute Gasteiger partial charge is 0.410 e. The van der Waals surface area contributed by atoms with E-state index < -0.39 is 5.60 Å². The van der Waals surface area contributed by atoms with Gasteiger partial charge in [0.15, 0.2) is 0 Å². The molecular weight excluding hydrogens is 290 g/mol. The van der Waals surface area contributed by atoms with Crippen LogP contribution in [0.1, 0.15) is 46.1 Å². The number of likely N-dealkylation sites (tertiary alicyclic amines) is 1. The number of piperidine rings is 1. The van der Waals surface area contributed by atoms with Crippen molar-refractivity contribution in [2.45, 2.75) is 52.7 Å². The van der Waals surface area contributed by atoms with Gasteiger partial charge in [-0.1, -0.05) is 6.92 Å². The van der Waals surface area contributed by atoms with Crippen molar-refractivity contribution in [3.05, 3.63) is 30.1 Å². The second kappa shape index (κ2) is 7.30. The van der Waals surface area contributed by atoms with Crippen LogP contribution in [0.25, 0.3) is 0 Å². The molecule has 1 aromatic heterocycles. The molecule has 0 aliphatic carbocycles. The molecule has 2 rings (SSSR count). The highest BCUT2D eigenvalue weighted by Gasteiger charge is 2.33. The van der Waals surface area contributed by atoms with Gasteiger partial charge in [0.05, 0.1) is 0 Å². The summed E-state index contributed by atoms with van der Waals surface area (Å²) in [5, 5.41) is 3.53. The van der Waals surface area contributed by atoms with E-state index in [2.05, 4.69) is 17.2 Å². The third-order valence-electron chi connectivity index (χ3n) is 4.25. The van der Waals surface area contributed by atoms with Crippen molar-refractivity contribution < 1.29 is 9.53 Å². The largest absolute Gasteiger partial charge is 0.444 e. The average Bonchev–Trinajstić information content (AvgIpc) is 2.47. The molecule has 1 fully saturated rings. The maximum atomic E-state index is 12.1. The van der Waals surface area contributed by atoms with Gasteiger partial charge in [-0.05, 0) is 56.7 Å². The number of nitrogens with one attached hydrogen (secondary N) is 1. The number of hydrogen-bond donors (Lipinski definition) is 1. The molecular formula is C18H29N3O2. The minimum atomic E-state index is -0.427. The van der Waals surface area contributed by atoms with Gasteiger partial charge >= 0.3 is 6.09 Å². The van der Waals surface area contributed by atoms with Gasteiger partial charge < -0.3 is 15.0 Å². The molecule has 0 bridgehead atoms. The van der Waals surface area contributed by atoms with E-state index in [0.29, 0.717) is 0 Å². The van der Waals surface area contributed by atoms with Crippen LogP contribution in [0.15, 0.2) is 24.5 Å². The van der Waals surface area contributed by atoms with Crippen LogP contribution in [0.5, 0.6) is 0 Å². The number of rotatable bonds is 4. The van der Waals surface area contributed by atoms with Gasteiger partial charge in [0, 0.05) is 38.6 Å². The van der Waals surface area contributed by atoms with E-state index in [1.165, 1.54) is 5.56 Å². The van der Waals surface area contributed by atoms with E-state index in [1.807, 2.05) is 50.2 Å². The molecule has 0 radical (unpaired) electrons. The Morgan fingerprint density at radius 2 is 1.91 bits per heavy atom. The molecule has 1 aliphatic rings. The van der Waals surface area contributed by atoms with Crippen LogP contribution in [0.2, 0.25) is 0 Å². The molecule has 0 aromatic carbocycles. The van der Waals surface area contributed by atoms with Gasteiger partial charge in [0.2, 0.25) is 0 Å². The van der Waals surface area contributed by atoms with Gasteiger partial charge in [0.25, 0.3) is 0 Å². The summed E-state index contributed by atoms with van der Waals surface area (Å²) in [6, 6.07) is 4.06. The van der Waals surface area contributed by atoms with Crippen molar-refractivity contribution in [2.75, 3.05) is 19.6 Å². The summed E-state index contributed by atoms with van der Waals surface area (Å²) in [5.41, 5.74) is 1.05. The average molecular weight is 319 g/mol. The Labute approximate surface area is 139 Å². The summed E-state index contributed by atoms with van der Waals surface area (Å²) in [6.07, 6.45) is 5.44. The summed E-state index contributed by atoms with van der Waals surface area (Å²) in [7, 11) is 0. The molecule has 23 heavy (non-hydrogen) atoms. The number of ether oxygens (including phenoxy) is 1. The zero-order valence-electron chi connectivity index (χ0n) is 14.8. The number of carbonyl (C=O) groups is 1. The van der Waals surface area contributed by atoms with Crippen molar-refractivity contribution in [3.63, 3.8) is 0 Å². The lowest BCUT2D eigenvalue weighted by Crippen LogP contribution is -2.47. The van der Waals surface area contributed by atoms with Gasteiger partial charge in [0.1, 0.15) is 5.60 Å². The first-order valence-electron chi connectivity index (χ1n) is 8.35. The Balaban J connectivity index is 1.75. The van der Waals surface area contributed by atoms with E-state index >= 15 is 0 Å². The van der Waals surface area contributed by atoms with Crippen molar-refractivity contribution in [2.24, 2.45) is 5.41 Å². The summed E-state index contributed by atoms with van der Waals surface area (Å²) >= 11 is 0. The molecule has 5 nitrogen and oxygen atoms in total. The predicted molar refractivity (Wildman–Crippen MR) is 91.1 cm³/mol. The molecule has 5 heteroatoms. The third-order valence-corrected chi connectivity index (χ3v) is 4.25. The van der Waals surface area contributed by atoms with Crippen LogP contribution in [-0.4, -0.2) is 41.2 Å². The molecule has 1 aromatic rings. The van der Waals surface area contributed by atoms with E-state index in [4.69, 9.17) is 4.74 Å². The second-order valence-electron chi connectivity index (χ2n) is 7.74. The number of hydrogen-bond acceptors (Lipinski definition) is 4. The van der Waals surface area contributed by atoms with Crippen LogP contribution >= 0.6 is 0 Å². The highest BCUT2D eigenvalue weighted by Crippen LogP contribution is 2.30. The van der Waals surface area contributed by atoms with Gasteiger partial charge in [-0.3, -0.25) is 4.98 Å². The number of aromatic nitrogens is 1. The van der Waals surface area contributed by atoms with Gasteiger partial charge in [-0.25, -0.2) is 4.79 Å². The van der Waals surface area contributed by atoms with Crippen LogP contribution in [0.3, 0.4) is 0 Å². The van der Waals surface area contributed by atoms with Crippen LogP contribution in [0, 0.1) is 5.41 Å². The van der Waals surface area contributed by atoms with Crippen LogP contribution in [0.4, 0.5) is 4.79 Å². The highest BCUT2D eigenvalue weighted by atomic mass is 16.6. The lowest BCUT2D eigenvalue weighted by atomic mass is 9.80. The molecule has 0 spiro atoms. The first-order chi connectivity index (χ1) is 10.8. The molecule has 1 saturated heterocycles. The fraction of sp³-hybridized carbons (Fsp3) is 0.667. The standard InChI is InChI=1S/C18H29N3O2/c1-17(2,3)23-16(22)21-11-7-18(4,8-12-21)14-20-13-15-5-9-19-10-6-15/h5-6,9-10,20H,7-8,11-14H2,1-4H3. The predicted octanol–water partition coefficient (Wildman–Crippen LogP) is 3.21. The number of carbonyl (C=O) groups excluding carboxylic acids is 1. The summed E-state index contributed by atoms with van der Waals surface area (Å²) in [4.78, 5) is 18.0. The number of amides is 1. The lowest BCUT2D eigenvalue weighted by molar-refractivity contribution is 0.0119. The quantitative estimate of drug-likeness (QED) is 0.926. The number of nitrogens with zero attached hydrogens (tertiary/aromatic N) is 2. The molecule has 0 unspecified atom stereocenters. The Hall–Kier alpha value is -1.62. The minimum absolute atomic E-state index is 0.190.